The van der Waals surface area contributed by atoms with Gasteiger partial charge >= 0.3 is 0 Å². The molecule has 2 aromatic carbocycles. The monoisotopic (exact) mass is 507 g/mol. The minimum absolute atomic E-state index is 0.0348. The number of fused-ring (bicyclic) bond motifs is 2. The topological polar surface area (TPSA) is 171 Å². The van der Waals surface area contributed by atoms with Crippen molar-refractivity contribution in [3.05, 3.63) is 50.6 Å². The number of non-ortho nitro benzene ring substituents is 1. The van der Waals surface area contributed by atoms with Gasteiger partial charge in [-0.1, -0.05) is 0 Å². The molecule has 1 heterocycles. The predicted molar refractivity (Wildman–Crippen MR) is 124 cm³/mol. The molecular weight excluding hydrogens is 482 g/mol. The number of nitro groups is 2. The van der Waals surface area contributed by atoms with Crippen molar-refractivity contribution in [2.75, 3.05) is 58.2 Å². The van der Waals surface area contributed by atoms with Crippen LogP contribution in [0.25, 0.3) is 0 Å². The largest absolute Gasteiger partial charge is 0.487 e. The lowest BCUT2D eigenvalue weighted by atomic mass is 10.2. The third-order valence-corrected chi connectivity index (χ3v) is 4.65. The molecule has 0 radical (unpaired) electrons. The van der Waals surface area contributed by atoms with Crippen LogP contribution in [0, 0.1) is 20.2 Å². The van der Waals surface area contributed by atoms with Crippen LogP contribution in [0.4, 0.5) is 17.1 Å². The number of ether oxygens (including phenoxy) is 6. The highest BCUT2D eigenvalue weighted by molar-refractivity contribution is 5.92. The molecule has 0 bridgehead atoms. The van der Waals surface area contributed by atoms with E-state index in [-0.39, 0.29) is 87.2 Å². The van der Waals surface area contributed by atoms with Crippen LogP contribution < -0.4 is 24.3 Å². The molecule has 1 amide bonds. The quantitative estimate of drug-likeness (QED) is 0.478. The van der Waals surface area contributed by atoms with Gasteiger partial charge < -0.3 is 33.7 Å². The van der Waals surface area contributed by atoms with Crippen molar-refractivity contribution >= 4 is 23.0 Å². The highest BCUT2D eigenvalue weighted by atomic mass is 16.6. The van der Waals surface area contributed by atoms with Crippen LogP contribution in [0.5, 0.6) is 23.0 Å². The zero-order chi connectivity index (χ0) is 25.9. The molecule has 0 fully saturated rings. The first-order valence-electron chi connectivity index (χ1n) is 10.9. The van der Waals surface area contributed by atoms with Crippen LogP contribution in [0.2, 0.25) is 0 Å². The molecule has 0 saturated carbocycles. The van der Waals surface area contributed by atoms with E-state index in [0.29, 0.717) is 5.75 Å². The number of rotatable bonds is 3. The van der Waals surface area contributed by atoms with E-state index in [4.69, 9.17) is 28.4 Å². The molecule has 0 atom stereocenters. The van der Waals surface area contributed by atoms with Gasteiger partial charge in [0.05, 0.1) is 48.4 Å². The predicted octanol–water partition coefficient (Wildman–Crippen LogP) is 2.72. The SMILES string of the molecule is CC(=O)Nc1cc2c(cc1[N+](=O)[O-])OCCOCCOc1ccc([N+](=O)[O-])cc1OCCOCCO2. The van der Waals surface area contributed by atoms with Crippen LogP contribution in [-0.4, -0.2) is 68.6 Å². The van der Waals surface area contributed by atoms with Crippen molar-refractivity contribution in [1.29, 1.82) is 0 Å². The number of hydrogen-bond acceptors (Lipinski definition) is 11. The average Bonchev–Trinajstić information content (AvgIpc) is 2.83. The fourth-order valence-corrected chi connectivity index (χ4v) is 3.10. The van der Waals surface area contributed by atoms with E-state index in [9.17, 15) is 25.0 Å². The Bertz CT molecular complexity index is 1090. The van der Waals surface area contributed by atoms with Crippen LogP contribution >= 0.6 is 0 Å². The maximum atomic E-state index is 11.5. The summed E-state index contributed by atoms with van der Waals surface area (Å²) in [4.78, 5) is 32.9. The van der Waals surface area contributed by atoms with Crippen LogP contribution in [0.3, 0.4) is 0 Å². The van der Waals surface area contributed by atoms with Gasteiger partial charge in [-0.25, -0.2) is 0 Å². The fourth-order valence-electron chi connectivity index (χ4n) is 3.10. The lowest BCUT2D eigenvalue weighted by Gasteiger charge is -2.16. The number of nitrogens with one attached hydrogen (secondary N) is 1. The Hall–Kier alpha value is -4.17. The van der Waals surface area contributed by atoms with Crippen molar-refractivity contribution in [2.45, 2.75) is 6.92 Å². The second-order valence-corrected chi connectivity index (χ2v) is 7.26. The first-order valence-corrected chi connectivity index (χ1v) is 10.9. The van der Waals surface area contributed by atoms with Crippen LogP contribution in [0.15, 0.2) is 30.3 Å². The summed E-state index contributed by atoms with van der Waals surface area (Å²) < 4.78 is 33.5. The van der Waals surface area contributed by atoms with Gasteiger partial charge in [0.25, 0.3) is 11.4 Å². The summed E-state index contributed by atoms with van der Waals surface area (Å²) in [6.45, 7) is 2.17. The molecule has 14 nitrogen and oxygen atoms in total. The standard InChI is InChI=1S/C22H25N3O11/c1-15(26)23-17-13-21-22(14-18(17)25(29)30)36-11-7-31-4-8-33-19-3-2-16(24(27)28)12-20(19)34-9-5-32-6-10-35-21/h2-3,12-14H,4-11H2,1H3,(H,23,26). The van der Waals surface area contributed by atoms with E-state index in [1.807, 2.05) is 0 Å². The lowest BCUT2D eigenvalue weighted by molar-refractivity contribution is -0.385. The van der Waals surface area contributed by atoms with Gasteiger partial charge in [-0.05, 0) is 6.07 Å². The Balaban J connectivity index is 1.72. The van der Waals surface area contributed by atoms with Crippen LogP contribution in [-0.2, 0) is 14.3 Å². The van der Waals surface area contributed by atoms with Gasteiger partial charge in [-0.15, -0.1) is 0 Å². The fraction of sp³-hybridized carbons (Fsp3) is 0.409. The van der Waals surface area contributed by atoms with Crippen molar-refractivity contribution in [3.8, 4) is 23.0 Å². The van der Waals surface area contributed by atoms with Gasteiger partial charge in [-0.2, -0.15) is 0 Å². The van der Waals surface area contributed by atoms with Crippen molar-refractivity contribution in [2.24, 2.45) is 0 Å². The Labute approximate surface area is 205 Å². The molecule has 14 heteroatoms. The molecule has 0 aliphatic carbocycles. The Morgan fingerprint density at radius 3 is 1.72 bits per heavy atom. The first kappa shape index (κ1) is 26.4. The van der Waals surface area contributed by atoms with Crippen LogP contribution in [0.1, 0.15) is 6.92 Å². The molecule has 194 valence electrons. The summed E-state index contributed by atoms with van der Waals surface area (Å²) in [6, 6.07) is 6.52. The number of benzene rings is 2. The molecule has 3 rings (SSSR count). The Morgan fingerprint density at radius 1 is 0.722 bits per heavy atom. The highest BCUT2D eigenvalue weighted by Gasteiger charge is 2.21. The molecule has 2 aromatic rings. The minimum atomic E-state index is -0.635. The number of nitro benzene ring substituents is 2. The summed E-state index contributed by atoms with van der Waals surface area (Å²) in [7, 11) is 0. The Morgan fingerprint density at radius 2 is 1.22 bits per heavy atom. The van der Waals surface area contributed by atoms with Gasteiger partial charge in [0, 0.05) is 19.1 Å². The molecule has 1 aliphatic rings. The number of anilines is 1. The first-order chi connectivity index (χ1) is 17.3. The van der Waals surface area contributed by atoms with E-state index >= 15 is 0 Å². The van der Waals surface area contributed by atoms with Crippen molar-refractivity contribution in [1.82, 2.24) is 0 Å². The zero-order valence-electron chi connectivity index (χ0n) is 19.4. The summed E-state index contributed by atoms with van der Waals surface area (Å²) in [5, 5.41) is 25.0. The van der Waals surface area contributed by atoms with Crippen molar-refractivity contribution < 1.29 is 43.1 Å². The van der Waals surface area contributed by atoms with Gasteiger partial charge in [0.15, 0.2) is 23.0 Å². The molecular formula is C22H25N3O11. The minimum Gasteiger partial charge on any atom is -0.487 e. The third kappa shape index (κ3) is 7.68. The summed E-state index contributed by atoms with van der Waals surface area (Å²) in [5.41, 5.74) is -0.525. The lowest BCUT2D eigenvalue weighted by Crippen LogP contribution is -2.16. The third-order valence-electron chi connectivity index (χ3n) is 4.65. The maximum Gasteiger partial charge on any atom is 0.296 e. The number of amides is 1. The number of carbonyl (C=O) groups is 1. The number of nitrogens with zero attached hydrogens (tertiary/aromatic N) is 2. The highest BCUT2D eigenvalue weighted by Crippen LogP contribution is 2.38. The molecule has 0 spiro atoms. The molecule has 0 saturated heterocycles. The summed E-state index contributed by atoms with van der Waals surface area (Å²) in [5.74, 6) is 0.325. The smallest absolute Gasteiger partial charge is 0.296 e. The van der Waals surface area contributed by atoms with Gasteiger partial charge in [0.2, 0.25) is 5.91 Å². The molecule has 0 aromatic heterocycles. The van der Waals surface area contributed by atoms with Gasteiger partial charge in [-0.3, -0.25) is 25.0 Å². The maximum absolute atomic E-state index is 11.5. The summed E-state index contributed by atoms with van der Waals surface area (Å²) >= 11 is 0. The van der Waals surface area contributed by atoms with E-state index < -0.39 is 15.8 Å². The van der Waals surface area contributed by atoms with Crippen molar-refractivity contribution in [3.63, 3.8) is 0 Å². The summed E-state index contributed by atoms with van der Waals surface area (Å²) in [6.07, 6.45) is 0. The molecule has 36 heavy (non-hydrogen) atoms. The van der Waals surface area contributed by atoms with E-state index in [1.165, 1.54) is 37.3 Å². The van der Waals surface area contributed by atoms with E-state index in [2.05, 4.69) is 5.32 Å². The average molecular weight is 507 g/mol. The normalized spacial score (nSPS) is 15.1. The molecule has 1 N–H and O–H groups in total. The second-order valence-electron chi connectivity index (χ2n) is 7.26. The number of carbonyl (C=O) groups excluding carboxylic acids is 1. The molecule has 1 aliphatic heterocycles. The molecule has 0 unspecified atom stereocenters. The second kappa shape index (κ2) is 13.1. The Kier molecular flexibility index (Phi) is 9.59. The zero-order valence-corrected chi connectivity index (χ0v) is 19.4. The van der Waals surface area contributed by atoms with Gasteiger partial charge in [0.1, 0.15) is 32.1 Å². The van der Waals surface area contributed by atoms with E-state index in [0.717, 1.165) is 0 Å². The van der Waals surface area contributed by atoms with E-state index in [1.54, 1.807) is 0 Å². The number of hydrogen-bond donors (Lipinski definition) is 1.